The van der Waals surface area contributed by atoms with Crippen molar-refractivity contribution in [2.24, 2.45) is 0 Å². The van der Waals surface area contributed by atoms with Gasteiger partial charge >= 0.3 is 0 Å². The van der Waals surface area contributed by atoms with E-state index in [1.807, 2.05) is 13.8 Å². The standard InChI is InChI=1S/C14H20N2O4/c1-9-5-12(6-10(2)20-9)19-8-11-3-4-13(15)14(7-11)16(17)18/h3-4,7,9-10,12H,5-6,8,15H2,1-2H3. The molecule has 6 heteroatoms. The van der Waals surface area contributed by atoms with E-state index in [9.17, 15) is 10.1 Å². The third-order valence-electron chi connectivity index (χ3n) is 3.43. The van der Waals surface area contributed by atoms with Crippen LogP contribution in [0.2, 0.25) is 0 Å². The first-order chi connectivity index (χ1) is 9.45. The maximum Gasteiger partial charge on any atom is 0.292 e. The van der Waals surface area contributed by atoms with Crippen molar-refractivity contribution in [3.63, 3.8) is 0 Å². The SMILES string of the molecule is CC1CC(OCc2ccc(N)c([N+](=O)[O-])c2)CC(C)O1. The van der Waals surface area contributed by atoms with E-state index in [2.05, 4.69) is 0 Å². The van der Waals surface area contributed by atoms with Crippen LogP contribution in [0.25, 0.3) is 0 Å². The summed E-state index contributed by atoms with van der Waals surface area (Å²) in [6.45, 7) is 4.41. The summed E-state index contributed by atoms with van der Waals surface area (Å²) in [5, 5.41) is 10.8. The predicted octanol–water partition coefficient (Wildman–Crippen LogP) is 2.65. The van der Waals surface area contributed by atoms with Crippen LogP contribution in [-0.4, -0.2) is 23.2 Å². The van der Waals surface area contributed by atoms with E-state index in [1.165, 1.54) is 6.07 Å². The second-order valence-electron chi connectivity index (χ2n) is 5.31. The molecule has 2 rings (SSSR count). The number of nitrogens with two attached hydrogens (primary N) is 1. The first-order valence-electron chi connectivity index (χ1n) is 6.75. The lowest BCUT2D eigenvalue weighted by atomic mass is 10.0. The van der Waals surface area contributed by atoms with Crippen LogP contribution < -0.4 is 5.73 Å². The quantitative estimate of drug-likeness (QED) is 0.520. The zero-order valence-electron chi connectivity index (χ0n) is 11.7. The minimum absolute atomic E-state index is 0.0696. The van der Waals surface area contributed by atoms with Crippen molar-refractivity contribution >= 4 is 11.4 Å². The van der Waals surface area contributed by atoms with Gasteiger partial charge in [-0.3, -0.25) is 10.1 Å². The summed E-state index contributed by atoms with van der Waals surface area (Å²) < 4.78 is 11.5. The number of nitrogens with zero attached hydrogens (tertiary/aromatic N) is 1. The van der Waals surface area contributed by atoms with Gasteiger partial charge in [0.1, 0.15) is 5.69 Å². The number of rotatable bonds is 4. The Bertz CT molecular complexity index is 482. The minimum atomic E-state index is -0.475. The fourth-order valence-electron chi connectivity index (χ4n) is 2.53. The van der Waals surface area contributed by atoms with Crippen molar-refractivity contribution in [1.29, 1.82) is 0 Å². The van der Waals surface area contributed by atoms with Crippen LogP contribution in [0.3, 0.4) is 0 Å². The number of nitro groups is 1. The summed E-state index contributed by atoms with van der Waals surface area (Å²) in [5.41, 5.74) is 6.43. The lowest BCUT2D eigenvalue weighted by Crippen LogP contribution is -2.33. The van der Waals surface area contributed by atoms with Crippen LogP contribution in [-0.2, 0) is 16.1 Å². The van der Waals surface area contributed by atoms with Gasteiger partial charge in [0, 0.05) is 6.07 Å². The summed E-state index contributed by atoms with van der Waals surface area (Å²) >= 11 is 0. The van der Waals surface area contributed by atoms with Gasteiger partial charge in [-0.1, -0.05) is 6.07 Å². The van der Waals surface area contributed by atoms with Gasteiger partial charge in [0.05, 0.1) is 29.8 Å². The van der Waals surface area contributed by atoms with Crippen LogP contribution in [0.1, 0.15) is 32.3 Å². The molecule has 1 fully saturated rings. The number of anilines is 1. The molecule has 0 amide bonds. The van der Waals surface area contributed by atoms with Crippen molar-refractivity contribution in [3.05, 3.63) is 33.9 Å². The molecule has 1 heterocycles. The van der Waals surface area contributed by atoms with Gasteiger partial charge in [-0.15, -0.1) is 0 Å². The highest BCUT2D eigenvalue weighted by atomic mass is 16.6. The molecule has 0 radical (unpaired) electrons. The van der Waals surface area contributed by atoms with Crippen LogP contribution in [0.4, 0.5) is 11.4 Å². The predicted molar refractivity (Wildman–Crippen MR) is 75.3 cm³/mol. The number of hydrogen-bond donors (Lipinski definition) is 1. The van der Waals surface area contributed by atoms with Crippen molar-refractivity contribution in [3.8, 4) is 0 Å². The molecule has 110 valence electrons. The highest BCUT2D eigenvalue weighted by molar-refractivity contribution is 5.59. The van der Waals surface area contributed by atoms with Gasteiger partial charge in [-0.2, -0.15) is 0 Å². The Morgan fingerprint density at radius 2 is 2.05 bits per heavy atom. The molecule has 0 aliphatic carbocycles. The first-order valence-corrected chi connectivity index (χ1v) is 6.75. The summed E-state index contributed by atoms with van der Waals surface area (Å²) in [5.74, 6) is 0. The molecule has 0 spiro atoms. The second-order valence-corrected chi connectivity index (χ2v) is 5.31. The molecule has 0 saturated carbocycles. The average molecular weight is 280 g/mol. The summed E-state index contributed by atoms with van der Waals surface area (Å²) in [6.07, 6.45) is 2.20. The number of benzene rings is 1. The Kier molecular flexibility index (Phi) is 4.57. The maximum atomic E-state index is 10.8. The Balaban J connectivity index is 1.97. The number of ether oxygens (including phenoxy) is 2. The van der Waals surface area contributed by atoms with Gasteiger partial charge < -0.3 is 15.2 Å². The zero-order chi connectivity index (χ0) is 14.7. The molecular weight excluding hydrogens is 260 g/mol. The molecule has 2 N–H and O–H groups in total. The van der Waals surface area contributed by atoms with Crippen molar-refractivity contribution in [1.82, 2.24) is 0 Å². The highest BCUT2D eigenvalue weighted by Crippen LogP contribution is 2.25. The van der Waals surface area contributed by atoms with Crippen molar-refractivity contribution < 1.29 is 14.4 Å². The van der Waals surface area contributed by atoms with Crippen molar-refractivity contribution in [2.75, 3.05) is 5.73 Å². The molecule has 1 aromatic carbocycles. The summed E-state index contributed by atoms with van der Waals surface area (Å²) in [4.78, 5) is 10.4. The molecule has 1 saturated heterocycles. The van der Waals surface area contributed by atoms with Crippen molar-refractivity contribution in [2.45, 2.75) is 51.6 Å². The molecule has 2 unspecified atom stereocenters. The lowest BCUT2D eigenvalue weighted by molar-refractivity contribution is -0.384. The molecular formula is C14H20N2O4. The van der Waals surface area contributed by atoms with E-state index >= 15 is 0 Å². The first kappa shape index (κ1) is 14.7. The Labute approximate surface area is 118 Å². The molecule has 6 nitrogen and oxygen atoms in total. The molecule has 1 aliphatic heterocycles. The largest absolute Gasteiger partial charge is 0.393 e. The summed E-state index contributed by atoms with van der Waals surface area (Å²) in [6, 6.07) is 4.78. The van der Waals surface area contributed by atoms with Crippen LogP contribution >= 0.6 is 0 Å². The fourth-order valence-corrected chi connectivity index (χ4v) is 2.53. The van der Waals surface area contributed by atoms with E-state index < -0.39 is 4.92 Å². The van der Waals surface area contributed by atoms with E-state index in [1.54, 1.807) is 12.1 Å². The Morgan fingerprint density at radius 1 is 1.40 bits per heavy atom. The van der Waals surface area contributed by atoms with Crippen LogP contribution in [0.5, 0.6) is 0 Å². The number of nitrogen functional groups attached to an aromatic ring is 1. The Hall–Kier alpha value is -1.66. The fraction of sp³-hybridized carbons (Fsp3) is 0.571. The van der Waals surface area contributed by atoms with E-state index in [4.69, 9.17) is 15.2 Å². The van der Waals surface area contributed by atoms with Gasteiger partial charge in [-0.05, 0) is 38.3 Å². The summed E-state index contributed by atoms with van der Waals surface area (Å²) in [7, 11) is 0. The maximum absolute atomic E-state index is 10.8. The molecule has 0 bridgehead atoms. The zero-order valence-corrected chi connectivity index (χ0v) is 11.7. The van der Waals surface area contributed by atoms with E-state index in [0.29, 0.717) is 6.61 Å². The molecule has 1 aromatic rings. The van der Waals surface area contributed by atoms with Gasteiger partial charge in [0.2, 0.25) is 0 Å². The second kappa shape index (κ2) is 6.19. The minimum Gasteiger partial charge on any atom is -0.393 e. The molecule has 20 heavy (non-hydrogen) atoms. The normalized spacial score (nSPS) is 26.4. The third kappa shape index (κ3) is 3.68. The molecule has 0 aromatic heterocycles. The van der Waals surface area contributed by atoms with Gasteiger partial charge in [0.25, 0.3) is 5.69 Å². The highest BCUT2D eigenvalue weighted by Gasteiger charge is 2.25. The lowest BCUT2D eigenvalue weighted by Gasteiger charge is -2.32. The average Bonchev–Trinajstić information content (AvgIpc) is 2.36. The van der Waals surface area contributed by atoms with Gasteiger partial charge in [0.15, 0.2) is 0 Å². The van der Waals surface area contributed by atoms with Crippen LogP contribution in [0.15, 0.2) is 18.2 Å². The van der Waals surface area contributed by atoms with Gasteiger partial charge in [-0.25, -0.2) is 0 Å². The smallest absolute Gasteiger partial charge is 0.292 e. The molecule has 2 atom stereocenters. The molecule has 1 aliphatic rings. The van der Waals surface area contributed by atoms with E-state index in [-0.39, 0.29) is 29.7 Å². The number of hydrogen-bond acceptors (Lipinski definition) is 5. The Morgan fingerprint density at radius 3 is 2.65 bits per heavy atom. The monoisotopic (exact) mass is 280 g/mol. The third-order valence-corrected chi connectivity index (χ3v) is 3.43. The van der Waals surface area contributed by atoms with Crippen LogP contribution in [0, 0.1) is 10.1 Å². The van der Waals surface area contributed by atoms with E-state index in [0.717, 1.165) is 18.4 Å². The topological polar surface area (TPSA) is 87.6 Å². The number of nitro benzene ring substituents is 1.